The van der Waals surface area contributed by atoms with Crippen LogP contribution in [0.3, 0.4) is 0 Å². The van der Waals surface area contributed by atoms with Gasteiger partial charge in [0.2, 0.25) is 10.0 Å². The molecule has 0 bridgehead atoms. The largest absolute Gasteiger partial charge is 0.497 e. The molecule has 12 heteroatoms. The quantitative estimate of drug-likeness (QED) is 0.206. The summed E-state index contributed by atoms with van der Waals surface area (Å²) < 4.78 is 52.7. The fourth-order valence-corrected chi connectivity index (χ4v) is 6.33. The molecule has 1 amide bonds. The molecule has 0 saturated heterocycles. The van der Waals surface area contributed by atoms with Gasteiger partial charge >= 0.3 is 0 Å². The number of amides is 1. The Morgan fingerprint density at radius 2 is 1.65 bits per heavy atom. The van der Waals surface area contributed by atoms with Crippen molar-refractivity contribution in [2.24, 2.45) is 5.92 Å². The van der Waals surface area contributed by atoms with Crippen molar-refractivity contribution in [3.8, 4) is 5.75 Å². The summed E-state index contributed by atoms with van der Waals surface area (Å²) in [6.45, 7) is 7.55. The monoisotopic (exact) mass is 659 g/mol. The van der Waals surface area contributed by atoms with Crippen LogP contribution in [0.25, 0.3) is 0 Å². The van der Waals surface area contributed by atoms with Gasteiger partial charge in [-0.25, -0.2) is 12.8 Å². The number of nitrogens with zero attached hydrogens (tertiary/aromatic N) is 2. The van der Waals surface area contributed by atoms with Gasteiger partial charge in [0.15, 0.2) is 6.10 Å². The van der Waals surface area contributed by atoms with E-state index in [1.54, 1.807) is 30.1 Å². The van der Waals surface area contributed by atoms with Crippen molar-refractivity contribution in [1.29, 1.82) is 0 Å². The number of hydrogen-bond donors (Lipinski definition) is 2. The summed E-state index contributed by atoms with van der Waals surface area (Å²) in [5.74, 6) is -0.873. The molecule has 3 rings (SSSR count). The second-order valence-electron chi connectivity index (χ2n) is 10.8. The van der Waals surface area contributed by atoms with E-state index in [-0.39, 0.29) is 43.3 Å². The topological polar surface area (TPSA) is 125 Å². The summed E-state index contributed by atoms with van der Waals surface area (Å²) in [5.41, 5.74) is 1.25. The molecule has 0 spiro atoms. The first-order valence-corrected chi connectivity index (χ1v) is 16.6. The highest BCUT2D eigenvalue weighted by atomic mass is 32.2. The van der Waals surface area contributed by atoms with E-state index in [4.69, 9.17) is 9.47 Å². The molecule has 252 valence electrons. The minimum Gasteiger partial charge on any atom is -0.497 e. The van der Waals surface area contributed by atoms with Crippen molar-refractivity contribution in [3.05, 3.63) is 90.2 Å². The maximum Gasteiger partial charge on any atom is 0.293 e. The van der Waals surface area contributed by atoms with Crippen molar-refractivity contribution in [2.75, 3.05) is 38.7 Å². The summed E-state index contributed by atoms with van der Waals surface area (Å²) in [6.07, 6.45) is -2.50. The molecule has 0 aromatic heterocycles. The lowest BCUT2D eigenvalue weighted by atomic mass is 10.0. The molecule has 0 heterocycles. The molecule has 10 nitrogen and oxygen atoms in total. The molecule has 0 saturated carbocycles. The van der Waals surface area contributed by atoms with Crippen LogP contribution in [0.5, 0.6) is 5.75 Å². The van der Waals surface area contributed by atoms with Gasteiger partial charge in [0.05, 0.1) is 30.7 Å². The number of anilines is 1. The van der Waals surface area contributed by atoms with Gasteiger partial charge in [-0.1, -0.05) is 70.2 Å². The van der Waals surface area contributed by atoms with Crippen LogP contribution >= 0.6 is 0 Å². The maximum absolute atomic E-state index is 13.8. The van der Waals surface area contributed by atoms with Gasteiger partial charge in [-0.3, -0.25) is 9.59 Å². The second kappa shape index (κ2) is 18.8. The van der Waals surface area contributed by atoms with Crippen molar-refractivity contribution >= 4 is 28.1 Å². The van der Waals surface area contributed by atoms with E-state index in [1.165, 1.54) is 41.7 Å². The van der Waals surface area contributed by atoms with E-state index in [1.807, 2.05) is 58.0 Å². The first-order chi connectivity index (χ1) is 21.9. The first-order valence-electron chi connectivity index (χ1n) is 15.2. The van der Waals surface area contributed by atoms with Crippen LogP contribution in [0.15, 0.2) is 83.8 Å². The van der Waals surface area contributed by atoms with Gasteiger partial charge in [0.1, 0.15) is 11.6 Å². The minimum atomic E-state index is -4.06. The predicted octanol–water partition coefficient (Wildman–Crippen LogP) is 4.27. The minimum absolute atomic E-state index is 0.00757. The standard InChI is InChI=1S/C32H40FN3O7S.C2H6/c1-23(2)19-36(44(40,41)28-15-9-14-27(18-28)42-4)20-30(38)29(16-24-10-6-5-7-11-24)34-32(39)31(43-22-37)21-35(3)26-13-8-12-25(33)17-26;1-2/h5-15,17-18,22-23,29-31,38H,16,19-21H2,1-4H3,(H,34,39);1-2H3. The van der Waals surface area contributed by atoms with Crippen molar-refractivity contribution in [1.82, 2.24) is 9.62 Å². The van der Waals surface area contributed by atoms with Gasteiger partial charge < -0.3 is 24.8 Å². The number of aliphatic hydroxyl groups excluding tert-OH is 1. The van der Waals surface area contributed by atoms with Crippen LogP contribution in [0, 0.1) is 11.7 Å². The Morgan fingerprint density at radius 1 is 0.978 bits per heavy atom. The fraction of sp³-hybridized carbons (Fsp3) is 0.412. The lowest BCUT2D eigenvalue weighted by molar-refractivity contribution is -0.145. The molecule has 0 aliphatic carbocycles. The number of halogens is 1. The molecular weight excluding hydrogens is 613 g/mol. The molecule has 46 heavy (non-hydrogen) atoms. The molecule has 3 aromatic carbocycles. The number of hydrogen-bond acceptors (Lipinski definition) is 8. The zero-order chi connectivity index (χ0) is 34.3. The van der Waals surface area contributed by atoms with Crippen LogP contribution < -0.4 is 15.0 Å². The average molecular weight is 660 g/mol. The smallest absolute Gasteiger partial charge is 0.293 e. The number of carbonyl (C=O) groups excluding carboxylic acids is 2. The number of carbonyl (C=O) groups is 2. The van der Waals surface area contributed by atoms with Crippen LogP contribution in [0.1, 0.15) is 33.3 Å². The third-order valence-corrected chi connectivity index (χ3v) is 8.76. The van der Waals surface area contributed by atoms with Gasteiger partial charge in [-0.15, -0.1) is 0 Å². The lowest BCUT2D eigenvalue weighted by Crippen LogP contribution is -2.54. The van der Waals surface area contributed by atoms with Crippen molar-refractivity contribution in [3.63, 3.8) is 0 Å². The first kappa shape index (κ1) is 38.2. The van der Waals surface area contributed by atoms with E-state index in [0.29, 0.717) is 11.4 Å². The Labute approximate surface area is 272 Å². The van der Waals surface area contributed by atoms with Crippen molar-refractivity contribution < 1.29 is 37.0 Å². The maximum atomic E-state index is 13.8. The molecule has 3 unspecified atom stereocenters. The summed E-state index contributed by atoms with van der Waals surface area (Å²) >= 11 is 0. The summed E-state index contributed by atoms with van der Waals surface area (Å²) in [6, 6.07) is 19.9. The normalized spacial score (nSPS) is 13.2. The van der Waals surface area contributed by atoms with Crippen molar-refractivity contribution in [2.45, 2.75) is 57.3 Å². The number of nitrogens with one attached hydrogen (secondary N) is 1. The highest BCUT2D eigenvalue weighted by Crippen LogP contribution is 2.23. The van der Waals surface area contributed by atoms with Crippen LogP contribution in [0.2, 0.25) is 0 Å². The number of sulfonamides is 1. The lowest BCUT2D eigenvalue weighted by Gasteiger charge is -2.32. The van der Waals surface area contributed by atoms with Crippen LogP contribution in [-0.2, 0) is 30.8 Å². The number of methoxy groups -OCH3 is 1. The number of likely N-dealkylation sites (N-methyl/N-ethyl adjacent to an activating group) is 1. The van der Waals surface area contributed by atoms with E-state index < -0.39 is 40.0 Å². The van der Waals surface area contributed by atoms with E-state index in [9.17, 15) is 27.5 Å². The van der Waals surface area contributed by atoms with Crippen LogP contribution in [-0.4, -0.2) is 82.3 Å². The number of benzene rings is 3. The highest BCUT2D eigenvalue weighted by Gasteiger charge is 2.33. The molecule has 0 fully saturated rings. The predicted molar refractivity (Wildman–Crippen MR) is 177 cm³/mol. The van der Waals surface area contributed by atoms with E-state index in [2.05, 4.69) is 5.32 Å². The zero-order valence-electron chi connectivity index (χ0n) is 27.3. The summed E-state index contributed by atoms with van der Waals surface area (Å²) in [5, 5.41) is 14.3. The van der Waals surface area contributed by atoms with Crippen LogP contribution in [0.4, 0.5) is 10.1 Å². The second-order valence-corrected chi connectivity index (χ2v) is 12.8. The third kappa shape index (κ3) is 11.4. The van der Waals surface area contributed by atoms with E-state index in [0.717, 1.165) is 5.56 Å². The Morgan fingerprint density at radius 3 is 2.26 bits per heavy atom. The average Bonchev–Trinajstić information content (AvgIpc) is 3.05. The Hall–Kier alpha value is -4.00. The highest BCUT2D eigenvalue weighted by molar-refractivity contribution is 7.89. The Bertz CT molecular complexity index is 1470. The van der Waals surface area contributed by atoms with Gasteiger partial charge in [0, 0.05) is 31.9 Å². The molecule has 0 aliphatic heterocycles. The zero-order valence-corrected chi connectivity index (χ0v) is 28.1. The molecule has 3 aromatic rings. The summed E-state index contributed by atoms with van der Waals surface area (Å²) in [4.78, 5) is 26.4. The number of ether oxygens (including phenoxy) is 2. The molecule has 3 atom stereocenters. The SMILES string of the molecule is CC.COc1cccc(S(=O)(=O)N(CC(C)C)CC(O)C(Cc2ccccc2)NC(=O)C(CN(C)c2cccc(F)c2)OC=O)c1. The molecule has 0 radical (unpaired) electrons. The number of aliphatic hydroxyl groups is 1. The Balaban J connectivity index is 0.00000361. The third-order valence-electron chi connectivity index (χ3n) is 6.93. The number of rotatable bonds is 17. The Kier molecular flexibility index (Phi) is 15.6. The molecule has 0 aliphatic rings. The summed E-state index contributed by atoms with van der Waals surface area (Å²) in [7, 11) is -1.00. The molecule has 2 N–H and O–H groups in total. The fourth-order valence-electron chi connectivity index (χ4n) is 4.67. The molecular formula is C34H46FN3O7S. The van der Waals surface area contributed by atoms with Gasteiger partial charge in [0.25, 0.3) is 12.4 Å². The van der Waals surface area contributed by atoms with Gasteiger partial charge in [-0.05, 0) is 48.2 Å². The van der Waals surface area contributed by atoms with Gasteiger partial charge in [-0.2, -0.15) is 4.31 Å². The van der Waals surface area contributed by atoms with E-state index >= 15 is 0 Å².